The molecular weight excluding hydrogens is 498 g/mol. The van der Waals surface area contributed by atoms with Crippen molar-refractivity contribution < 1.29 is 21.6 Å². The lowest BCUT2D eigenvalue weighted by Crippen LogP contribution is -2.54. The van der Waals surface area contributed by atoms with Crippen molar-refractivity contribution >= 4 is 37.3 Å². The maximum absolute atomic E-state index is 13.5. The summed E-state index contributed by atoms with van der Waals surface area (Å²) in [5, 5.41) is 0. The third kappa shape index (κ3) is 5.34. The molecule has 0 aliphatic carbocycles. The van der Waals surface area contributed by atoms with Crippen LogP contribution in [0.1, 0.15) is 22.8 Å². The lowest BCUT2D eigenvalue weighted by atomic mass is 9.85. The van der Waals surface area contributed by atoms with E-state index in [4.69, 9.17) is 5.73 Å². The summed E-state index contributed by atoms with van der Waals surface area (Å²) in [7, 11) is -7.20. The van der Waals surface area contributed by atoms with Gasteiger partial charge in [-0.2, -0.15) is 8.61 Å². The van der Waals surface area contributed by atoms with E-state index in [0.29, 0.717) is 11.3 Å². The van der Waals surface area contributed by atoms with Crippen LogP contribution >= 0.6 is 11.3 Å². The molecule has 10 nitrogen and oxygen atoms in total. The van der Waals surface area contributed by atoms with Crippen molar-refractivity contribution in [2.75, 3.05) is 45.5 Å². The van der Waals surface area contributed by atoms with Crippen LogP contribution < -0.4 is 5.73 Å². The number of aromatic nitrogens is 1. The van der Waals surface area contributed by atoms with Crippen LogP contribution in [0.3, 0.4) is 0 Å². The van der Waals surface area contributed by atoms with Gasteiger partial charge in [0.15, 0.2) is 0 Å². The summed E-state index contributed by atoms with van der Waals surface area (Å²) in [6, 6.07) is 9.59. The highest BCUT2D eigenvalue weighted by Gasteiger charge is 2.41. The van der Waals surface area contributed by atoms with E-state index in [0.717, 1.165) is 23.2 Å². The van der Waals surface area contributed by atoms with E-state index in [-0.39, 0.29) is 62.0 Å². The number of benzene rings is 1. The third-order valence-corrected chi connectivity index (χ3v) is 10.9. The summed E-state index contributed by atoms with van der Waals surface area (Å²) in [4.78, 5) is 19.9. The number of sulfonamides is 2. The zero-order chi connectivity index (χ0) is 24.5. The highest BCUT2D eigenvalue weighted by atomic mass is 32.2. The number of piperidine rings is 1. The zero-order valence-corrected chi connectivity index (χ0v) is 21.4. The molecule has 3 heterocycles. The number of thiazole rings is 1. The fourth-order valence-electron chi connectivity index (χ4n) is 4.51. The lowest BCUT2D eigenvalue weighted by molar-refractivity contribution is -0.138. The van der Waals surface area contributed by atoms with Crippen molar-refractivity contribution in [1.29, 1.82) is 0 Å². The van der Waals surface area contributed by atoms with Gasteiger partial charge in [0.2, 0.25) is 20.3 Å². The van der Waals surface area contributed by atoms with Crippen molar-refractivity contribution in [1.82, 2.24) is 18.5 Å². The van der Waals surface area contributed by atoms with Gasteiger partial charge in [-0.3, -0.25) is 4.79 Å². The Kier molecular flexibility index (Phi) is 7.41. The van der Waals surface area contributed by atoms with E-state index >= 15 is 0 Å². The number of nitrogens with two attached hydrogens (primary N) is 1. The Morgan fingerprint density at radius 2 is 1.74 bits per heavy atom. The molecule has 1 amide bonds. The Morgan fingerprint density at radius 1 is 1.06 bits per heavy atom. The van der Waals surface area contributed by atoms with Gasteiger partial charge in [-0.1, -0.05) is 30.3 Å². The minimum atomic E-state index is -3.89. The Labute approximate surface area is 204 Å². The summed E-state index contributed by atoms with van der Waals surface area (Å²) < 4.78 is 53.2. The van der Waals surface area contributed by atoms with Crippen LogP contribution in [0.4, 0.5) is 0 Å². The molecule has 1 aromatic heterocycles. The molecule has 2 aliphatic heterocycles. The van der Waals surface area contributed by atoms with E-state index in [1.165, 1.54) is 14.8 Å². The summed E-state index contributed by atoms with van der Waals surface area (Å²) in [6.07, 6.45) is 3.15. The average Bonchev–Trinajstić information content (AvgIpc) is 3.34. The molecule has 0 saturated carbocycles. The van der Waals surface area contributed by atoms with Crippen molar-refractivity contribution in [2.24, 2.45) is 11.7 Å². The van der Waals surface area contributed by atoms with E-state index < -0.39 is 26.0 Å². The largest absolute Gasteiger partial charge is 0.340 e. The molecule has 34 heavy (non-hydrogen) atoms. The van der Waals surface area contributed by atoms with Gasteiger partial charge in [0.05, 0.1) is 12.2 Å². The van der Waals surface area contributed by atoms with Gasteiger partial charge < -0.3 is 10.6 Å². The number of hydrogen-bond donors (Lipinski definition) is 1. The average molecular weight is 528 g/mol. The van der Waals surface area contributed by atoms with Crippen molar-refractivity contribution in [3.05, 3.63) is 47.0 Å². The topological polar surface area (TPSA) is 134 Å². The minimum absolute atomic E-state index is 0.0189. The van der Waals surface area contributed by atoms with Gasteiger partial charge in [-0.25, -0.2) is 21.8 Å². The van der Waals surface area contributed by atoms with Crippen LogP contribution in [0.5, 0.6) is 0 Å². The highest BCUT2D eigenvalue weighted by molar-refractivity contribution is 7.91. The quantitative estimate of drug-likeness (QED) is 0.578. The standard InChI is InChI=1S/C21H29N5O5S3/c1-33(28,29)25-9-7-24(8-10-25)20(27)18-11-17(16-5-3-2-4-6-16)14-26(15-18)34(30,31)21-23-13-19(12-22)32-21/h2-6,13,17-18H,7-12,14-15,22H2,1H3/t17-,18-/m0/s1. The fraction of sp³-hybridized carbons (Fsp3) is 0.524. The zero-order valence-electron chi connectivity index (χ0n) is 18.9. The molecule has 2 saturated heterocycles. The van der Waals surface area contributed by atoms with Crippen LogP contribution in [-0.2, 0) is 31.4 Å². The molecule has 2 atom stereocenters. The number of carbonyl (C=O) groups excluding carboxylic acids is 1. The normalized spacial score (nSPS) is 23.2. The Morgan fingerprint density at radius 3 is 2.32 bits per heavy atom. The SMILES string of the molecule is CS(=O)(=O)N1CCN(C(=O)[C@H]2C[C@H](c3ccccc3)CN(S(=O)(=O)c3ncc(CN)s3)C2)CC1. The first-order valence-electron chi connectivity index (χ1n) is 11.0. The van der Waals surface area contributed by atoms with Crippen LogP contribution in [0.2, 0.25) is 0 Å². The van der Waals surface area contributed by atoms with Crippen LogP contribution in [0.25, 0.3) is 0 Å². The van der Waals surface area contributed by atoms with Gasteiger partial charge in [0.25, 0.3) is 10.0 Å². The Hall–Kier alpha value is -1.90. The molecule has 0 spiro atoms. The summed E-state index contributed by atoms with van der Waals surface area (Å²) >= 11 is 1.05. The smallest absolute Gasteiger partial charge is 0.270 e. The second-order valence-electron chi connectivity index (χ2n) is 8.65. The minimum Gasteiger partial charge on any atom is -0.340 e. The van der Waals surface area contributed by atoms with Gasteiger partial charge in [0.1, 0.15) is 0 Å². The number of amides is 1. The molecule has 2 aliphatic rings. The maximum atomic E-state index is 13.5. The molecule has 0 bridgehead atoms. The number of nitrogens with zero attached hydrogens (tertiary/aromatic N) is 4. The van der Waals surface area contributed by atoms with E-state index in [9.17, 15) is 21.6 Å². The Bertz CT molecular complexity index is 1220. The molecule has 0 unspecified atom stereocenters. The highest BCUT2D eigenvalue weighted by Crippen LogP contribution is 2.35. The molecule has 13 heteroatoms. The molecule has 1 aromatic carbocycles. The molecular formula is C21H29N5O5S3. The van der Waals surface area contributed by atoms with Crippen molar-refractivity contribution in [3.63, 3.8) is 0 Å². The van der Waals surface area contributed by atoms with Gasteiger partial charge in [0, 0.05) is 56.9 Å². The molecule has 2 N–H and O–H groups in total. The number of hydrogen-bond acceptors (Lipinski definition) is 8. The van der Waals surface area contributed by atoms with Crippen LogP contribution in [0, 0.1) is 5.92 Å². The molecule has 2 fully saturated rings. The number of piperazine rings is 1. The van der Waals surface area contributed by atoms with Crippen LogP contribution in [-0.4, -0.2) is 86.8 Å². The van der Waals surface area contributed by atoms with Crippen molar-refractivity contribution in [3.8, 4) is 0 Å². The first-order chi connectivity index (χ1) is 16.1. The summed E-state index contributed by atoms with van der Waals surface area (Å²) in [5.74, 6) is -0.826. The molecule has 4 rings (SSSR count). The van der Waals surface area contributed by atoms with Crippen molar-refractivity contribution in [2.45, 2.75) is 23.2 Å². The van der Waals surface area contributed by atoms with E-state index in [1.807, 2.05) is 30.3 Å². The predicted molar refractivity (Wildman–Crippen MR) is 129 cm³/mol. The fourth-order valence-corrected chi connectivity index (χ4v) is 8.08. The monoisotopic (exact) mass is 527 g/mol. The van der Waals surface area contributed by atoms with Gasteiger partial charge >= 0.3 is 0 Å². The van der Waals surface area contributed by atoms with Gasteiger partial charge in [-0.15, -0.1) is 11.3 Å². The third-order valence-electron chi connectivity index (χ3n) is 6.35. The Balaban J connectivity index is 1.57. The van der Waals surface area contributed by atoms with Gasteiger partial charge in [-0.05, 0) is 17.9 Å². The molecule has 186 valence electrons. The molecule has 0 radical (unpaired) electrons. The lowest BCUT2D eigenvalue weighted by Gasteiger charge is -2.40. The second-order valence-corrected chi connectivity index (χ2v) is 13.9. The summed E-state index contributed by atoms with van der Waals surface area (Å²) in [5.41, 5.74) is 6.61. The second kappa shape index (κ2) is 9.99. The van der Waals surface area contributed by atoms with E-state index in [2.05, 4.69) is 4.98 Å². The van der Waals surface area contributed by atoms with Crippen LogP contribution in [0.15, 0.2) is 40.9 Å². The first-order valence-corrected chi connectivity index (χ1v) is 15.1. The predicted octanol–water partition coefficient (Wildman–Crippen LogP) is 0.500. The molecule has 2 aromatic rings. The first kappa shape index (κ1) is 25.2. The maximum Gasteiger partial charge on any atom is 0.270 e. The number of carbonyl (C=O) groups is 1. The number of rotatable bonds is 6. The summed E-state index contributed by atoms with van der Waals surface area (Å²) in [6.45, 7) is 1.59. The van der Waals surface area contributed by atoms with E-state index in [1.54, 1.807) is 4.90 Å².